The van der Waals surface area contributed by atoms with Crippen LogP contribution in [0.3, 0.4) is 0 Å². The van der Waals surface area contributed by atoms with E-state index in [1.54, 1.807) is 34.9 Å². The number of aromatic nitrogens is 2. The third kappa shape index (κ3) is 4.20. The highest BCUT2D eigenvalue weighted by Gasteiger charge is 2.35. The number of nitrogens with zero attached hydrogens (tertiary/aromatic N) is 4. The third-order valence-electron chi connectivity index (χ3n) is 5.78. The molecule has 1 aliphatic heterocycles. The number of thioether (sulfide) groups is 1. The second kappa shape index (κ2) is 9.67. The molecule has 32 heavy (non-hydrogen) atoms. The summed E-state index contributed by atoms with van der Waals surface area (Å²) in [7, 11) is 0. The minimum Gasteiger partial charge on any atom is -0.304 e. The van der Waals surface area contributed by atoms with Crippen molar-refractivity contribution in [2.45, 2.75) is 32.0 Å². The zero-order valence-electron chi connectivity index (χ0n) is 18.3. The normalized spacial score (nSPS) is 13.4. The molecule has 0 N–H and O–H groups in total. The monoisotopic (exact) mass is 450 g/mol. The molecular weight excluding hydrogens is 424 g/mol. The number of benzene rings is 2. The number of hydrogen-bond donors (Lipinski definition) is 0. The first-order valence-corrected chi connectivity index (χ1v) is 11.8. The highest BCUT2D eigenvalue weighted by Crippen LogP contribution is 2.27. The molecule has 0 radical (unpaired) electrons. The summed E-state index contributed by atoms with van der Waals surface area (Å²) < 4.78 is 1.68. The smallest absolute Gasteiger partial charge is 0.262 e. The van der Waals surface area contributed by atoms with Crippen molar-refractivity contribution >= 4 is 34.5 Å². The summed E-state index contributed by atoms with van der Waals surface area (Å²) in [5.41, 5.74) is 1.35. The van der Waals surface area contributed by atoms with Crippen molar-refractivity contribution in [3.8, 4) is 0 Å². The average molecular weight is 451 g/mol. The van der Waals surface area contributed by atoms with Crippen LogP contribution < -0.4 is 5.56 Å². The third-order valence-corrected chi connectivity index (χ3v) is 6.74. The summed E-state index contributed by atoms with van der Waals surface area (Å²) in [6, 6.07) is 14.1. The number of imide groups is 1. The number of amides is 2. The fourth-order valence-electron chi connectivity index (χ4n) is 3.93. The van der Waals surface area contributed by atoms with Crippen LogP contribution in [0.1, 0.15) is 41.0 Å². The van der Waals surface area contributed by atoms with Gasteiger partial charge in [0.2, 0.25) is 0 Å². The van der Waals surface area contributed by atoms with Gasteiger partial charge in [-0.05, 0) is 50.3 Å². The van der Waals surface area contributed by atoms with Crippen molar-refractivity contribution in [1.29, 1.82) is 0 Å². The van der Waals surface area contributed by atoms with Gasteiger partial charge >= 0.3 is 0 Å². The SMILES string of the molecule is CCN(CC)CCCn1c(SCN2C(=O)c3ccccc3C2=O)nc2ccccc2c1=O. The summed E-state index contributed by atoms with van der Waals surface area (Å²) in [6.45, 7) is 7.57. The van der Waals surface area contributed by atoms with Gasteiger partial charge in [0, 0.05) is 6.54 Å². The molecule has 0 aliphatic carbocycles. The second-order valence-electron chi connectivity index (χ2n) is 7.61. The van der Waals surface area contributed by atoms with Gasteiger partial charge in [0.1, 0.15) is 0 Å². The number of rotatable bonds is 9. The Morgan fingerprint density at radius 1 is 0.906 bits per heavy atom. The van der Waals surface area contributed by atoms with E-state index < -0.39 is 0 Å². The van der Waals surface area contributed by atoms with E-state index in [1.165, 1.54) is 16.7 Å². The van der Waals surface area contributed by atoms with E-state index in [2.05, 4.69) is 18.7 Å². The topological polar surface area (TPSA) is 75.5 Å². The molecule has 3 aromatic rings. The van der Waals surface area contributed by atoms with E-state index in [0.717, 1.165) is 26.1 Å². The van der Waals surface area contributed by atoms with Crippen LogP contribution in [0, 0.1) is 0 Å². The molecule has 0 bridgehead atoms. The molecule has 2 aromatic carbocycles. The molecule has 0 saturated carbocycles. The van der Waals surface area contributed by atoms with Crippen LogP contribution in [0.4, 0.5) is 0 Å². The van der Waals surface area contributed by atoms with Gasteiger partial charge in [-0.3, -0.25) is 23.9 Å². The molecule has 7 nitrogen and oxygen atoms in total. The Labute approximate surface area is 191 Å². The molecule has 0 unspecified atom stereocenters. The van der Waals surface area contributed by atoms with Gasteiger partial charge in [0.25, 0.3) is 17.4 Å². The number of fused-ring (bicyclic) bond motifs is 2. The van der Waals surface area contributed by atoms with Crippen LogP contribution in [0.25, 0.3) is 10.9 Å². The lowest BCUT2D eigenvalue weighted by molar-refractivity contribution is 0.0684. The maximum atomic E-state index is 13.2. The van der Waals surface area contributed by atoms with E-state index in [9.17, 15) is 14.4 Å². The minimum atomic E-state index is -0.311. The molecule has 2 amide bonds. The van der Waals surface area contributed by atoms with Crippen molar-refractivity contribution in [3.05, 3.63) is 70.0 Å². The number of para-hydroxylation sites is 1. The van der Waals surface area contributed by atoms with Gasteiger partial charge < -0.3 is 4.90 Å². The summed E-state index contributed by atoms with van der Waals surface area (Å²) in [5.74, 6) is -0.517. The van der Waals surface area contributed by atoms with Gasteiger partial charge in [0.15, 0.2) is 5.16 Å². The van der Waals surface area contributed by atoms with E-state index in [4.69, 9.17) is 4.98 Å². The maximum Gasteiger partial charge on any atom is 0.262 e. The lowest BCUT2D eigenvalue weighted by Gasteiger charge is -2.19. The number of carbonyl (C=O) groups excluding carboxylic acids is 2. The summed E-state index contributed by atoms with van der Waals surface area (Å²) in [4.78, 5) is 46.8. The second-order valence-corrected chi connectivity index (χ2v) is 8.52. The molecule has 0 fully saturated rings. The van der Waals surface area contributed by atoms with Crippen molar-refractivity contribution in [3.63, 3.8) is 0 Å². The van der Waals surface area contributed by atoms with Gasteiger partial charge in [0.05, 0.1) is 27.9 Å². The molecule has 0 saturated heterocycles. The quantitative estimate of drug-likeness (QED) is 0.282. The van der Waals surface area contributed by atoms with Crippen LogP contribution >= 0.6 is 11.8 Å². The fourth-order valence-corrected chi connectivity index (χ4v) is 4.90. The Balaban J connectivity index is 1.59. The lowest BCUT2D eigenvalue weighted by atomic mass is 10.1. The van der Waals surface area contributed by atoms with Crippen molar-refractivity contribution < 1.29 is 9.59 Å². The van der Waals surface area contributed by atoms with Crippen LogP contribution in [-0.4, -0.2) is 56.7 Å². The van der Waals surface area contributed by atoms with Crippen LogP contribution in [0.15, 0.2) is 58.5 Å². The average Bonchev–Trinajstić information content (AvgIpc) is 3.06. The Morgan fingerprint density at radius 2 is 1.53 bits per heavy atom. The maximum absolute atomic E-state index is 13.2. The molecule has 8 heteroatoms. The first-order chi connectivity index (χ1) is 15.5. The highest BCUT2D eigenvalue weighted by atomic mass is 32.2. The van der Waals surface area contributed by atoms with Gasteiger partial charge in [-0.15, -0.1) is 0 Å². The van der Waals surface area contributed by atoms with Crippen LogP contribution in [-0.2, 0) is 6.54 Å². The Hall–Kier alpha value is -2.97. The zero-order chi connectivity index (χ0) is 22.7. The van der Waals surface area contributed by atoms with E-state index in [-0.39, 0.29) is 23.3 Å². The number of carbonyl (C=O) groups is 2. The molecule has 4 rings (SSSR count). The molecule has 166 valence electrons. The van der Waals surface area contributed by atoms with E-state index >= 15 is 0 Å². The largest absolute Gasteiger partial charge is 0.304 e. The van der Waals surface area contributed by atoms with Crippen molar-refractivity contribution in [2.24, 2.45) is 0 Å². The Bertz CT molecular complexity index is 1180. The molecular formula is C24H26N4O3S. The fraction of sp³-hybridized carbons (Fsp3) is 0.333. The molecule has 1 aliphatic rings. The number of hydrogen-bond acceptors (Lipinski definition) is 6. The summed E-state index contributed by atoms with van der Waals surface area (Å²) >= 11 is 1.24. The summed E-state index contributed by atoms with van der Waals surface area (Å²) in [5, 5.41) is 1.09. The Morgan fingerprint density at radius 3 is 2.19 bits per heavy atom. The van der Waals surface area contributed by atoms with E-state index in [1.807, 2.05) is 18.2 Å². The highest BCUT2D eigenvalue weighted by molar-refractivity contribution is 7.99. The van der Waals surface area contributed by atoms with E-state index in [0.29, 0.717) is 33.7 Å². The first kappa shape index (κ1) is 22.2. The minimum absolute atomic E-state index is 0.0972. The summed E-state index contributed by atoms with van der Waals surface area (Å²) in [6.07, 6.45) is 0.808. The predicted molar refractivity (Wildman–Crippen MR) is 126 cm³/mol. The van der Waals surface area contributed by atoms with Gasteiger partial charge in [-0.1, -0.05) is 49.9 Å². The predicted octanol–water partition coefficient (Wildman–Crippen LogP) is 3.47. The molecule has 2 heterocycles. The van der Waals surface area contributed by atoms with Crippen LogP contribution in [0.2, 0.25) is 0 Å². The molecule has 0 spiro atoms. The van der Waals surface area contributed by atoms with Crippen molar-refractivity contribution in [1.82, 2.24) is 19.4 Å². The standard InChI is InChI=1S/C24H26N4O3S/c1-3-26(4-2)14-9-15-27-23(31)19-12-7-8-13-20(19)25-24(27)32-16-28-21(29)17-10-5-6-11-18(17)22(28)30/h5-8,10-13H,3-4,9,14-16H2,1-2H3. The Kier molecular flexibility index (Phi) is 6.72. The van der Waals surface area contributed by atoms with Crippen molar-refractivity contribution in [2.75, 3.05) is 25.5 Å². The first-order valence-electron chi connectivity index (χ1n) is 10.8. The van der Waals surface area contributed by atoms with Gasteiger partial charge in [-0.2, -0.15) is 0 Å². The van der Waals surface area contributed by atoms with Crippen LogP contribution in [0.5, 0.6) is 0 Å². The molecule has 0 atom stereocenters. The molecule has 1 aromatic heterocycles. The lowest BCUT2D eigenvalue weighted by Crippen LogP contribution is -2.31. The van der Waals surface area contributed by atoms with Gasteiger partial charge in [-0.25, -0.2) is 4.98 Å². The zero-order valence-corrected chi connectivity index (χ0v) is 19.1.